The van der Waals surface area contributed by atoms with Gasteiger partial charge in [0.15, 0.2) is 0 Å². The first-order valence-electron chi connectivity index (χ1n) is 25.1. The van der Waals surface area contributed by atoms with E-state index in [0.29, 0.717) is 75.1 Å². The number of aromatic amines is 2. The van der Waals surface area contributed by atoms with E-state index in [0.717, 1.165) is 58.9 Å². The van der Waals surface area contributed by atoms with E-state index in [-0.39, 0.29) is 53.6 Å². The number of H-pyrrole nitrogens is 2. The molecule has 0 bridgehead atoms. The fourth-order valence-electron chi connectivity index (χ4n) is 11.2. The Morgan fingerprint density at radius 3 is 1.53 bits per heavy atom. The summed E-state index contributed by atoms with van der Waals surface area (Å²) in [6, 6.07) is 15.3. The van der Waals surface area contributed by atoms with Crippen molar-refractivity contribution in [2.24, 2.45) is 11.8 Å². The number of halogens is 1. The number of imidazole rings is 2. The molecule has 4 aliphatic heterocycles. The predicted molar refractivity (Wildman–Crippen MR) is 268 cm³/mol. The first kappa shape index (κ1) is 49.8. The van der Waals surface area contributed by atoms with Gasteiger partial charge in [0.1, 0.15) is 29.5 Å². The van der Waals surface area contributed by atoms with Crippen LogP contribution >= 0.6 is 0 Å². The van der Waals surface area contributed by atoms with Gasteiger partial charge in [-0.2, -0.15) is 0 Å². The maximum Gasteiger partial charge on any atom is 0.409 e. The number of carbonyl (C=O) groups is 5. The van der Waals surface area contributed by atoms with Gasteiger partial charge in [-0.05, 0) is 104 Å². The van der Waals surface area contributed by atoms with E-state index >= 15 is 4.39 Å². The smallest absolute Gasteiger partial charge is 0.409 e. The number of alkyl carbamates (subject to hydrolysis) is 2. The number of methoxy groups -OCH3 is 3. The number of nitrogens with zero attached hydrogens (tertiary/aromatic N) is 7. The summed E-state index contributed by atoms with van der Waals surface area (Å²) in [5.41, 5.74) is 6.33. The Hall–Kier alpha value is -7.12. The molecule has 5 aromatic rings. The van der Waals surface area contributed by atoms with Crippen molar-refractivity contribution >= 4 is 63.5 Å². The minimum atomic E-state index is -0.754. The third-order valence-corrected chi connectivity index (χ3v) is 15.0. The number of likely N-dealkylation sites (tertiary alicyclic amines) is 2. The summed E-state index contributed by atoms with van der Waals surface area (Å²) in [5, 5.41) is 5.44. The number of rotatable bonds is 12. The van der Waals surface area contributed by atoms with Crippen molar-refractivity contribution in [3.05, 3.63) is 83.2 Å². The van der Waals surface area contributed by atoms with Crippen molar-refractivity contribution in [3.63, 3.8) is 0 Å². The lowest BCUT2D eigenvalue weighted by Gasteiger charge is -2.36. The molecule has 384 valence electrons. The summed E-state index contributed by atoms with van der Waals surface area (Å²) in [6.07, 6.45) is 2.80. The zero-order chi connectivity index (χ0) is 51.0. The minimum absolute atomic E-state index is 0.164. The first-order chi connectivity index (χ1) is 34.7. The Kier molecular flexibility index (Phi) is 14.5. The molecular formula is C52H66FN11O8. The number of aromatic nitrogens is 4. The number of amides is 5. The number of nitrogens with one attached hydrogen (secondary N) is 4. The van der Waals surface area contributed by atoms with Crippen LogP contribution in [0, 0.1) is 17.7 Å². The number of benzene rings is 3. The highest BCUT2D eigenvalue weighted by molar-refractivity contribution is 5.88. The molecule has 4 aliphatic rings. The third kappa shape index (κ3) is 9.78. The summed E-state index contributed by atoms with van der Waals surface area (Å²) in [5.74, 6) is 0.295. The molecule has 4 saturated heterocycles. The van der Waals surface area contributed by atoms with Gasteiger partial charge in [0, 0.05) is 45.0 Å². The Labute approximate surface area is 418 Å². The molecule has 19 nitrogen and oxygen atoms in total. The van der Waals surface area contributed by atoms with Crippen molar-refractivity contribution in [2.45, 2.75) is 102 Å². The van der Waals surface area contributed by atoms with Crippen molar-refractivity contribution < 1.29 is 42.6 Å². The molecule has 4 N–H and O–H groups in total. The van der Waals surface area contributed by atoms with Crippen LogP contribution in [-0.4, -0.2) is 137 Å². The zero-order valence-electron chi connectivity index (χ0n) is 42.1. The highest BCUT2D eigenvalue weighted by Gasteiger charge is 2.41. The number of fused-ring (bicyclic) bond motifs is 2. The van der Waals surface area contributed by atoms with Crippen molar-refractivity contribution in [2.75, 3.05) is 70.4 Å². The lowest BCUT2D eigenvalue weighted by molar-refractivity contribution is -0.136. The topological polar surface area (TPSA) is 211 Å². The first-order valence-corrected chi connectivity index (χ1v) is 25.1. The second-order valence-corrected chi connectivity index (χ2v) is 20.0. The van der Waals surface area contributed by atoms with Gasteiger partial charge in [-0.1, -0.05) is 39.8 Å². The monoisotopic (exact) mass is 992 g/mol. The zero-order valence-corrected chi connectivity index (χ0v) is 42.1. The van der Waals surface area contributed by atoms with Gasteiger partial charge < -0.3 is 59.3 Å². The summed E-state index contributed by atoms with van der Waals surface area (Å²) in [7, 11) is 3.92. The molecule has 6 heterocycles. The van der Waals surface area contributed by atoms with Crippen LogP contribution in [0.4, 0.5) is 30.1 Å². The Morgan fingerprint density at radius 1 is 0.611 bits per heavy atom. The van der Waals surface area contributed by atoms with Crippen molar-refractivity contribution in [3.8, 4) is 0 Å². The SMILES string of the molecule is COC(=O)N[C@H](C(=O)N1CCC[C@H]1c1nc2cc([C@H]3CC[C@H](c4ccc5[nH]c([C@@H]6CCCN6C(=O)[C@@H](NC(=O)OC)C(C)C)nc5c4)N3c3ccc(N4CCN(C(=O)OC)CC4)c(F)c3)ccc2[nH]1)C(C)C. The highest BCUT2D eigenvalue weighted by atomic mass is 19.1. The summed E-state index contributed by atoms with van der Waals surface area (Å²) in [6.45, 7) is 10.4. The van der Waals surface area contributed by atoms with Crippen LogP contribution in [0.2, 0.25) is 0 Å². The molecule has 5 amide bonds. The molecule has 0 spiro atoms. The molecule has 2 aromatic heterocycles. The fraction of sp³-hybridized carbons (Fsp3) is 0.519. The lowest BCUT2D eigenvalue weighted by Crippen LogP contribution is -2.51. The quantitative estimate of drug-likeness (QED) is 0.0889. The van der Waals surface area contributed by atoms with Gasteiger partial charge in [-0.25, -0.2) is 28.7 Å². The van der Waals surface area contributed by atoms with Crippen molar-refractivity contribution in [1.29, 1.82) is 0 Å². The standard InChI is InChI=1S/C52H66FN11O8/c1-29(2)44(58-50(67)70-5)48(65)62-20-8-10-42(62)46-54-35-15-12-31(26-37(35)56-46)39-18-19-40(64(39)33-14-17-41(34(53)28-33)60-22-24-61(25-23-60)52(69)72-7)32-13-16-36-38(27-32)57-47(55-36)43-11-9-21-63(43)49(66)45(30(3)4)59-51(68)71-6/h12-17,26-30,39-40,42-45H,8-11,18-25H2,1-7H3,(H,54,56)(H,55,57)(H,58,67)(H,59,68)/t39-,40-,42+,43+,44+,45+/m1/s1. The summed E-state index contributed by atoms with van der Waals surface area (Å²) >= 11 is 0. The Bertz CT molecular complexity index is 2680. The van der Waals surface area contributed by atoms with Gasteiger partial charge >= 0.3 is 18.3 Å². The van der Waals surface area contributed by atoms with Crippen LogP contribution in [0.25, 0.3) is 22.1 Å². The number of anilines is 2. The molecule has 0 unspecified atom stereocenters. The molecule has 0 radical (unpaired) electrons. The van der Waals surface area contributed by atoms with Crippen LogP contribution in [0.1, 0.15) is 113 Å². The Balaban J connectivity index is 1.02. The second-order valence-electron chi connectivity index (χ2n) is 20.0. The molecule has 9 rings (SSSR count). The van der Waals surface area contributed by atoms with E-state index in [1.807, 2.05) is 56.9 Å². The summed E-state index contributed by atoms with van der Waals surface area (Å²) < 4.78 is 31.2. The predicted octanol–water partition coefficient (Wildman–Crippen LogP) is 7.64. The lowest BCUT2D eigenvalue weighted by atomic mass is 10.0. The van der Waals surface area contributed by atoms with Gasteiger partial charge in [-0.15, -0.1) is 0 Å². The molecule has 0 aliphatic carbocycles. The van der Waals surface area contributed by atoms with Crippen molar-refractivity contribution in [1.82, 2.24) is 45.3 Å². The van der Waals surface area contributed by atoms with E-state index < -0.39 is 30.4 Å². The maximum absolute atomic E-state index is 16.6. The van der Waals surface area contributed by atoms with Crippen LogP contribution in [-0.2, 0) is 23.8 Å². The molecule has 72 heavy (non-hydrogen) atoms. The second kappa shape index (κ2) is 20.9. The number of carbonyl (C=O) groups excluding carboxylic acids is 5. The molecule has 4 fully saturated rings. The third-order valence-electron chi connectivity index (χ3n) is 15.0. The molecule has 6 atom stereocenters. The average Bonchev–Trinajstić information content (AvgIpc) is 4.25. The van der Waals surface area contributed by atoms with Gasteiger partial charge in [0.25, 0.3) is 0 Å². The number of piperazine rings is 1. The van der Waals surface area contributed by atoms with Gasteiger partial charge in [-0.3, -0.25) is 9.59 Å². The van der Waals surface area contributed by atoms with E-state index in [9.17, 15) is 24.0 Å². The highest BCUT2D eigenvalue weighted by Crippen LogP contribution is 2.48. The average molecular weight is 992 g/mol. The normalized spacial score (nSPS) is 21.2. The van der Waals surface area contributed by atoms with Crippen LogP contribution in [0.3, 0.4) is 0 Å². The van der Waals surface area contributed by atoms with Crippen LogP contribution < -0.4 is 20.4 Å². The van der Waals surface area contributed by atoms with E-state index in [1.54, 1.807) is 20.8 Å². The maximum atomic E-state index is 16.6. The molecule has 0 saturated carbocycles. The van der Waals surface area contributed by atoms with E-state index in [4.69, 9.17) is 24.2 Å². The minimum Gasteiger partial charge on any atom is -0.453 e. The van der Waals surface area contributed by atoms with Crippen LogP contribution in [0.15, 0.2) is 54.6 Å². The van der Waals surface area contributed by atoms with E-state index in [1.165, 1.54) is 21.3 Å². The molecule has 20 heteroatoms. The number of ether oxygens (including phenoxy) is 3. The largest absolute Gasteiger partial charge is 0.453 e. The van der Waals surface area contributed by atoms with E-state index in [2.05, 4.69) is 49.8 Å². The number of hydrogen-bond acceptors (Lipinski definition) is 12. The van der Waals surface area contributed by atoms with Crippen LogP contribution in [0.5, 0.6) is 0 Å². The Morgan fingerprint density at radius 2 is 1.10 bits per heavy atom. The van der Waals surface area contributed by atoms with Gasteiger partial charge in [0.2, 0.25) is 11.8 Å². The number of hydrogen-bond donors (Lipinski definition) is 4. The van der Waals surface area contributed by atoms with Gasteiger partial charge in [0.05, 0.1) is 73.3 Å². The molecule has 3 aromatic carbocycles. The summed E-state index contributed by atoms with van der Waals surface area (Å²) in [4.78, 5) is 91.2. The fourth-order valence-corrected chi connectivity index (χ4v) is 11.2. The molecular weight excluding hydrogens is 926 g/mol.